The van der Waals surface area contributed by atoms with E-state index in [4.69, 9.17) is 0 Å². The highest BCUT2D eigenvalue weighted by molar-refractivity contribution is 4.77. The molecule has 0 heterocycles. The average Bonchev–Trinajstić information content (AvgIpc) is 1.35. The van der Waals surface area contributed by atoms with Crippen molar-refractivity contribution in [3.63, 3.8) is 0 Å². The maximum atomic E-state index is 11.3. The van der Waals surface area contributed by atoms with Crippen LogP contribution in [0.1, 0.15) is 0 Å². The molecule has 0 unspecified atom stereocenters. The summed E-state index contributed by atoms with van der Waals surface area (Å²) >= 11 is 0. The van der Waals surface area contributed by atoms with Gasteiger partial charge in [0.25, 0.3) is 0 Å². The van der Waals surface area contributed by atoms with E-state index in [0.29, 0.717) is 0 Å². The molecule has 3 heteroatoms. The maximum absolute atomic E-state index is 11.3. The molecule has 0 aromatic carbocycles. The number of hydrogen-bond acceptors (Lipinski definition) is 2. The predicted molar refractivity (Wildman–Crippen MR) is 20.4 cm³/mol. The minimum atomic E-state index is -0.558. The Balaban J connectivity index is 2.83. The van der Waals surface area contributed by atoms with E-state index in [1.165, 1.54) is 0 Å². The Morgan fingerprint density at radius 1 is 2.00 bits per heavy atom. The minimum Gasteiger partial charge on any atom is -0.297 e. The van der Waals surface area contributed by atoms with Gasteiger partial charge < -0.3 is 0 Å². The fraction of sp³-hybridized carbons (Fsp3) is 0.333. The summed E-state index contributed by atoms with van der Waals surface area (Å²) in [5.41, 5.74) is 0. The van der Waals surface area contributed by atoms with E-state index in [1.54, 1.807) is 0 Å². The Morgan fingerprint density at radius 2 is 2.50 bits per heavy atom. The Hall–Kier alpha value is -0.410. The molecule has 0 aromatic rings. The van der Waals surface area contributed by atoms with Gasteiger partial charge in [-0.05, 0) is 0 Å². The standard InChI is InChI=1S/C3H6FNO/c1-3(4)2-6-5/h1-2,5H2. The van der Waals surface area contributed by atoms with Crippen molar-refractivity contribution in [2.75, 3.05) is 6.61 Å². The molecule has 0 aromatic heterocycles. The molecule has 0 amide bonds. The highest BCUT2D eigenvalue weighted by Gasteiger charge is 1.81. The van der Waals surface area contributed by atoms with Crippen LogP contribution < -0.4 is 5.90 Å². The molecule has 0 rings (SSSR count). The second-order valence-corrected chi connectivity index (χ2v) is 0.828. The Morgan fingerprint density at radius 3 is 2.50 bits per heavy atom. The summed E-state index contributed by atoms with van der Waals surface area (Å²) in [6.45, 7) is 2.66. The third-order valence-corrected chi connectivity index (χ3v) is 0.240. The van der Waals surface area contributed by atoms with Gasteiger partial charge in [-0.3, -0.25) is 4.84 Å². The molecule has 0 radical (unpaired) electrons. The Bertz CT molecular complexity index is 54.8. The molecule has 0 spiro atoms. The van der Waals surface area contributed by atoms with E-state index in [2.05, 4.69) is 17.3 Å². The van der Waals surface area contributed by atoms with Crippen LogP contribution in [0.5, 0.6) is 0 Å². The third kappa shape index (κ3) is 3.59. The van der Waals surface area contributed by atoms with Crippen LogP contribution in [0.15, 0.2) is 12.4 Å². The maximum Gasteiger partial charge on any atom is 0.121 e. The Kier molecular flexibility index (Phi) is 2.62. The second-order valence-electron chi connectivity index (χ2n) is 0.828. The highest BCUT2D eigenvalue weighted by atomic mass is 19.1. The summed E-state index contributed by atoms with van der Waals surface area (Å²) in [5.74, 6) is 3.87. The van der Waals surface area contributed by atoms with Crippen LogP contribution in [-0.4, -0.2) is 6.61 Å². The van der Waals surface area contributed by atoms with Crippen molar-refractivity contribution >= 4 is 0 Å². The predicted octanol–water partition coefficient (Wildman–Crippen LogP) is 0.360. The van der Waals surface area contributed by atoms with Gasteiger partial charge in [0.1, 0.15) is 12.4 Å². The van der Waals surface area contributed by atoms with Crippen LogP contribution in [0.2, 0.25) is 0 Å². The normalized spacial score (nSPS) is 8.33. The molecular weight excluding hydrogens is 85.0 g/mol. The van der Waals surface area contributed by atoms with Crippen molar-refractivity contribution in [3.05, 3.63) is 12.4 Å². The molecule has 0 fully saturated rings. The number of hydrogen-bond donors (Lipinski definition) is 1. The monoisotopic (exact) mass is 91.0 g/mol. The van der Waals surface area contributed by atoms with E-state index in [0.717, 1.165) is 0 Å². The molecule has 0 aliphatic heterocycles. The zero-order valence-electron chi connectivity index (χ0n) is 3.28. The fourth-order valence-corrected chi connectivity index (χ4v) is 0.0904. The van der Waals surface area contributed by atoms with E-state index >= 15 is 0 Å². The van der Waals surface area contributed by atoms with Crippen molar-refractivity contribution in [2.45, 2.75) is 0 Å². The van der Waals surface area contributed by atoms with Crippen LogP contribution >= 0.6 is 0 Å². The lowest BCUT2D eigenvalue weighted by molar-refractivity contribution is 0.147. The second kappa shape index (κ2) is 2.81. The SMILES string of the molecule is C=C(F)CON. The molecule has 0 aliphatic rings. The topological polar surface area (TPSA) is 35.2 Å². The first-order valence-electron chi connectivity index (χ1n) is 1.42. The van der Waals surface area contributed by atoms with Crippen LogP contribution in [0.4, 0.5) is 4.39 Å². The van der Waals surface area contributed by atoms with Crippen LogP contribution in [0.3, 0.4) is 0 Å². The van der Waals surface area contributed by atoms with E-state index < -0.39 is 5.83 Å². The van der Waals surface area contributed by atoms with Crippen molar-refractivity contribution in [2.24, 2.45) is 5.90 Å². The molecule has 2 N–H and O–H groups in total. The van der Waals surface area contributed by atoms with Crippen molar-refractivity contribution in [1.29, 1.82) is 0 Å². The van der Waals surface area contributed by atoms with Crippen LogP contribution in [-0.2, 0) is 4.84 Å². The number of nitrogens with two attached hydrogens (primary N) is 1. The molecule has 0 saturated heterocycles. The lowest BCUT2D eigenvalue weighted by Gasteiger charge is -1.85. The molecule has 36 valence electrons. The van der Waals surface area contributed by atoms with Gasteiger partial charge in [-0.1, -0.05) is 6.58 Å². The van der Waals surface area contributed by atoms with Gasteiger partial charge in [0.2, 0.25) is 0 Å². The van der Waals surface area contributed by atoms with Gasteiger partial charge >= 0.3 is 0 Å². The summed E-state index contributed by atoms with van der Waals surface area (Å²) in [7, 11) is 0. The van der Waals surface area contributed by atoms with Gasteiger partial charge in [0.15, 0.2) is 0 Å². The summed E-state index contributed by atoms with van der Waals surface area (Å²) in [6, 6.07) is 0. The van der Waals surface area contributed by atoms with Crippen molar-refractivity contribution in [1.82, 2.24) is 0 Å². The first-order valence-corrected chi connectivity index (χ1v) is 1.42. The van der Waals surface area contributed by atoms with E-state index in [9.17, 15) is 4.39 Å². The molecule has 2 nitrogen and oxygen atoms in total. The lowest BCUT2D eigenvalue weighted by Crippen LogP contribution is -1.99. The molecular formula is C3H6FNO. The molecule has 6 heavy (non-hydrogen) atoms. The smallest absolute Gasteiger partial charge is 0.121 e. The Labute approximate surface area is 35.4 Å². The molecule has 0 aliphatic carbocycles. The van der Waals surface area contributed by atoms with Gasteiger partial charge in [-0.15, -0.1) is 0 Å². The van der Waals surface area contributed by atoms with Crippen LogP contribution in [0, 0.1) is 0 Å². The molecule has 0 bridgehead atoms. The van der Waals surface area contributed by atoms with Crippen molar-refractivity contribution < 1.29 is 9.23 Å². The fourth-order valence-electron chi connectivity index (χ4n) is 0.0904. The first-order chi connectivity index (χ1) is 2.77. The summed E-state index contributed by atoms with van der Waals surface area (Å²) in [5, 5.41) is 0. The van der Waals surface area contributed by atoms with Gasteiger partial charge in [0, 0.05) is 0 Å². The van der Waals surface area contributed by atoms with Gasteiger partial charge in [-0.2, -0.15) is 0 Å². The summed E-state index contributed by atoms with van der Waals surface area (Å²) < 4.78 is 11.3. The lowest BCUT2D eigenvalue weighted by atomic mass is 10.7. The zero-order valence-corrected chi connectivity index (χ0v) is 3.28. The van der Waals surface area contributed by atoms with E-state index in [-0.39, 0.29) is 6.61 Å². The average molecular weight is 91.1 g/mol. The quantitative estimate of drug-likeness (QED) is 0.498. The summed E-state index contributed by atoms with van der Waals surface area (Å²) in [4.78, 5) is 3.83. The zero-order chi connectivity index (χ0) is 4.99. The van der Waals surface area contributed by atoms with Gasteiger partial charge in [-0.25, -0.2) is 10.3 Å². The van der Waals surface area contributed by atoms with Crippen molar-refractivity contribution in [3.8, 4) is 0 Å². The minimum absolute atomic E-state index is 0.208. The molecule has 0 atom stereocenters. The highest BCUT2D eigenvalue weighted by Crippen LogP contribution is 1.85. The third-order valence-electron chi connectivity index (χ3n) is 0.240. The number of halogens is 1. The number of rotatable bonds is 2. The van der Waals surface area contributed by atoms with Gasteiger partial charge in [0.05, 0.1) is 0 Å². The largest absolute Gasteiger partial charge is 0.297 e. The summed E-state index contributed by atoms with van der Waals surface area (Å²) in [6.07, 6.45) is 0. The van der Waals surface area contributed by atoms with Crippen LogP contribution in [0.25, 0.3) is 0 Å². The molecule has 0 saturated carbocycles. The van der Waals surface area contributed by atoms with E-state index in [1.807, 2.05) is 0 Å². The first kappa shape index (κ1) is 5.59.